The Morgan fingerprint density at radius 2 is 2.19 bits per heavy atom. The number of ether oxygens (including phenoxy) is 1. The number of fused-ring (bicyclic) bond motifs is 2. The van der Waals surface area contributed by atoms with Gasteiger partial charge >= 0.3 is 0 Å². The SMILES string of the molecule is COCCCNC(=S)N(C)NC(=O)C[C@H]1C[C@@H]2CC[C@H]1C2. The monoisotopic (exact) mass is 313 g/mol. The summed E-state index contributed by atoms with van der Waals surface area (Å²) in [5.41, 5.74) is 2.87. The van der Waals surface area contributed by atoms with E-state index in [2.05, 4.69) is 10.7 Å². The minimum Gasteiger partial charge on any atom is -0.385 e. The molecule has 0 aliphatic heterocycles. The van der Waals surface area contributed by atoms with Gasteiger partial charge in [-0.25, -0.2) is 0 Å². The van der Waals surface area contributed by atoms with Crippen molar-refractivity contribution in [1.29, 1.82) is 0 Å². The lowest BCUT2D eigenvalue weighted by Gasteiger charge is -2.25. The zero-order valence-corrected chi connectivity index (χ0v) is 13.9. The number of hydrogen-bond donors (Lipinski definition) is 2. The molecular weight excluding hydrogens is 286 g/mol. The van der Waals surface area contributed by atoms with Gasteiger partial charge in [-0.05, 0) is 55.7 Å². The molecular formula is C15H27N3O2S. The summed E-state index contributed by atoms with van der Waals surface area (Å²) in [6.07, 6.45) is 6.80. The number of carbonyl (C=O) groups is 1. The van der Waals surface area contributed by atoms with E-state index < -0.39 is 0 Å². The average Bonchev–Trinajstić information content (AvgIpc) is 3.05. The summed E-state index contributed by atoms with van der Waals surface area (Å²) in [5, 5.41) is 5.26. The Morgan fingerprint density at radius 3 is 2.81 bits per heavy atom. The normalized spacial score (nSPS) is 26.7. The van der Waals surface area contributed by atoms with Gasteiger partial charge in [-0.1, -0.05) is 6.42 Å². The van der Waals surface area contributed by atoms with Crippen molar-refractivity contribution in [2.75, 3.05) is 27.3 Å². The van der Waals surface area contributed by atoms with Crippen molar-refractivity contribution in [2.45, 2.75) is 38.5 Å². The summed E-state index contributed by atoms with van der Waals surface area (Å²) in [6, 6.07) is 0. The highest BCUT2D eigenvalue weighted by Crippen LogP contribution is 2.49. The first-order chi connectivity index (χ1) is 10.1. The van der Waals surface area contributed by atoms with Crippen molar-refractivity contribution >= 4 is 23.2 Å². The number of carbonyl (C=O) groups excluding carboxylic acids is 1. The molecule has 0 spiro atoms. The highest BCUT2D eigenvalue weighted by Gasteiger charge is 2.40. The summed E-state index contributed by atoms with van der Waals surface area (Å²) in [7, 11) is 3.46. The molecule has 0 radical (unpaired) electrons. The molecule has 2 bridgehead atoms. The molecule has 2 aliphatic carbocycles. The van der Waals surface area contributed by atoms with Gasteiger partial charge in [-0.15, -0.1) is 0 Å². The van der Waals surface area contributed by atoms with E-state index >= 15 is 0 Å². The van der Waals surface area contributed by atoms with Crippen LogP contribution in [-0.4, -0.2) is 43.3 Å². The van der Waals surface area contributed by atoms with Crippen molar-refractivity contribution in [1.82, 2.24) is 15.8 Å². The van der Waals surface area contributed by atoms with Gasteiger partial charge in [-0.3, -0.25) is 15.2 Å². The van der Waals surface area contributed by atoms with E-state index in [0.29, 0.717) is 24.1 Å². The van der Waals surface area contributed by atoms with E-state index in [-0.39, 0.29) is 5.91 Å². The first-order valence-corrected chi connectivity index (χ1v) is 8.31. The van der Waals surface area contributed by atoms with Crippen LogP contribution in [0.2, 0.25) is 0 Å². The summed E-state index contributed by atoms with van der Waals surface area (Å²) in [6.45, 7) is 1.45. The van der Waals surface area contributed by atoms with Crippen molar-refractivity contribution in [2.24, 2.45) is 17.8 Å². The lowest BCUT2D eigenvalue weighted by molar-refractivity contribution is -0.125. The summed E-state index contributed by atoms with van der Waals surface area (Å²) in [4.78, 5) is 12.1. The average molecular weight is 313 g/mol. The molecule has 3 atom stereocenters. The van der Waals surface area contributed by atoms with E-state index in [1.807, 2.05) is 0 Å². The van der Waals surface area contributed by atoms with E-state index in [1.54, 1.807) is 19.2 Å². The largest absolute Gasteiger partial charge is 0.385 e. The third kappa shape index (κ3) is 4.81. The Bertz CT molecular complexity index is 378. The van der Waals surface area contributed by atoms with Crippen LogP contribution < -0.4 is 10.7 Å². The first-order valence-electron chi connectivity index (χ1n) is 7.90. The first kappa shape index (κ1) is 16.5. The van der Waals surface area contributed by atoms with Gasteiger partial charge in [-0.2, -0.15) is 0 Å². The molecule has 2 saturated carbocycles. The maximum Gasteiger partial charge on any atom is 0.238 e. The van der Waals surface area contributed by atoms with E-state index in [0.717, 1.165) is 24.8 Å². The number of nitrogens with zero attached hydrogens (tertiary/aromatic N) is 1. The topological polar surface area (TPSA) is 53.6 Å². The molecule has 6 heteroatoms. The Hall–Kier alpha value is -0.880. The van der Waals surface area contributed by atoms with Crippen LogP contribution in [0.15, 0.2) is 0 Å². The second-order valence-electron chi connectivity index (χ2n) is 6.31. The number of methoxy groups -OCH3 is 1. The zero-order valence-electron chi connectivity index (χ0n) is 13.1. The zero-order chi connectivity index (χ0) is 15.2. The Labute approximate surface area is 132 Å². The number of hydrazine groups is 1. The Kier molecular flexibility index (Phi) is 6.23. The number of rotatable bonds is 6. The Balaban J connectivity index is 1.63. The molecule has 0 aromatic carbocycles. The molecule has 120 valence electrons. The lowest BCUT2D eigenvalue weighted by atomic mass is 9.86. The van der Waals surface area contributed by atoms with Gasteiger partial charge in [0, 0.05) is 33.7 Å². The van der Waals surface area contributed by atoms with Crippen molar-refractivity contribution in [3.8, 4) is 0 Å². The third-order valence-electron chi connectivity index (χ3n) is 4.73. The maximum absolute atomic E-state index is 12.1. The van der Waals surface area contributed by atoms with Gasteiger partial charge in [0.15, 0.2) is 5.11 Å². The van der Waals surface area contributed by atoms with Crippen LogP contribution in [0.3, 0.4) is 0 Å². The minimum atomic E-state index is 0.0797. The van der Waals surface area contributed by atoms with Gasteiger partial charge in [0.1, 0.15) is 0 Å². The van der Waals surface area contributed by atoms with Crippen molar-refractivity contribution in [3.05, 3.63) is 0 Å². The standard InChI is InChI=1S/C15H27N3O2S/c1-18(15(21)16-6-3-7-20-2)17-14(19)10-13-9-11-4-5-12(13)8-11/h11-13H,3-10H2,1-2H3,(H,16,21)(H,17,19)/t11-,12+,13-/m1/s1. The Morgan fingerprint density at radius 1 is 1.38 bits per heavy atom. The van der Waals surface area contributed by atoms with E-state index in [4.69, 9.17) is 17.0 Å². The third-order valence-corrected chi connectivity index (χ3v) is 5.15. The van der Waals surface area contributed by atoms with Crippen LogP contribution in [0, 0.1) is 17.8 Å². The summed E-state index contributed by atoms with van der Waals surface area (Å²) >= 11 is 5.24. The smallest absolute Gasteiger partial charge is 0.238 e. The second-order valence-corrected chi connectivity index (χ2v) is 6.70. The van der Waals surface area contributed by atoms with Crippen LogP contribution in [0.1, 0.15) is 38.5 Å². The molecule has 0 heterocycles. The van der Waals surface area contributed by atoms with Gasteiger partial charge < -0.3 is 10.1 Å². The van der Waals surface area contributed by atoms with Crippen LogP contribution in [0.25, 0.3) is 0 Å². The minimum absolute atomic E-state index is 0.0797. The number of amides is 1. The highest BCUT2D eigenvalue weighted by atomic mass is 32.1. The van der Waals surface area contributed by atoms with Crippen LogP contribution >= 0.6 is 12.2 Å². The number of nitrogens with one attached hydrogen (secondary N) is 2. The van der Waals surface area contributed by atoms with Crippen LogP contribution in [0.4, 0.5) is 0 Å². The molecule has 2 N–H and O–H groups in total. The fraction of sp³-hybridized carbons (Fsp3) is 0.867. The second kappa shape index (κ2) is 7.94. The van der Waals surface area contributed by atoms with E-state index in [1.165, 1.54) is 25.7 Å². The fourth-order valence-corrected chi connectivity index (χ4v) is 3.83. The van der Waals surface area contributed by atoms with Crippen molar-refractivity contribution < 1.29 is 9.53 Å². The van der Waals surface area contributed by atoms with Crippen LogP contribution in [-0.2, 0) is 9.53 Å². The van der Waals surface area contributed by atoms with Gasteiger partial charge in [0.05, 0.1) is 0 Å². The maximum atomic E-state index is 12.1. The quantitative estimate of drug-likeness (QED) is 0.444. The molecule has 1 amide bonds. The number of thiocarbonyl (C=S) groups is 1. The molecule has 2 fully saturated rings. The summed E-state index contributed by atoms with van der Waals surface area (Å²) < 4.78 is 4.98. The predicted octanol–water partition coefficient (Wildman–Crippen LogP) is 1.69. The fourth-order valence-electron chi connectivity index (χ4n) is 3.68. The molecule has 0 aromatic rings. The van der Waals surface area contributed by atoms with E-state index in [9.17, 15) is 4.79 Å². The number of hydrogen-bond acceptors (Lipinski definition) is 3. The lowest BCUT2D eigenvalue weighted by Crippen LogP contribution is -2.48. The molecule has 2 aliphatic rings. The highest BCUT2D eigenvalue weighted by molar-refractivity contribution is 7.80. The van der Waals surface area contributed by atoms with Gasteiger partial charge in [0.25, 0.3) is 0 Å². The van der Waals surface area contributed by atoms with Crippen LogP contribution in [0.5, 0.6) is 0 Å². The molecule has 0 saturated heterocycles. The molecule has 0 aromatic heterocycles. The molecule has 2 rings (SSSR count). The molecule has 0 unspecified atom stereocenters. The molecule has 5 nitrogen and oxygen atoms in total. The molecule has 21 heavy (non-hydrogen) atoms. The van der Waals surface area contributed by atoms with Gasteiger partial charge in [0.2, 0.25) is 5.91 Å². The predicted molar refractivity (Wildman–Crippen MR) is 86.6 cm³/mol. The van der Waals surface area contributed by atoms with Crippen molar-refractivity contribution in [3.63, 3.8) is 0 Å². The summed E-state index contributed by atoms with van der Waals surface area (Å²) in [5.74, 6) is 2.33.